The molecule has 0 atom stereocenters. The van der Waals surface area contributed by atoms with Gasteiger partial charge >= 0.3 is 0 Å². The van der Waals surface area contributed by atoms with Crippen LogP contribution in [0.15, 0.2) is 34.7 Å². The van der Waals surface area contributed by atoms with Gasteiger partial charge in [0.2, 0.25) is 0 Å². The Labute approximate surface area is 136 Å². The minimum absolute atomic E-state index is 0.205. The Hall–Kier alpha value is -1.12. The molecule has 0 spiro atoms. The highest BCUT2D eigenvalue weighted by Gasteiger charge is 2.57. The highest BCUT2D eigenvalue weighted by Crippen LogP contribution is 2.44. The van der Waals surface area contributed by atoms with Crippen LogP contribution in [0.25, 0.3) is 6.08 Å². The van der Waals surface area contributed by atoms with Crippen molar-refractivity contribution in [1.29, 1.82) is 0 Å². The van der Waals surface area contributed by atoms with Crippen molar-refractivity contribution in [3.8, 4) is 0 Å². The number of halogens is 1. The summed E-state index contributed by atoms with van der Waals surface area (Å²) in [6, 6.07) is 5.92. The Bertz CT molecular complexity index is 746. The van der Waals surface area contributed by atoms with E-state index in [9.17, 15) is 10.4 Å². The zero-order valence-electron chi connectivity index (χ0n) is 12.4. The molecule has 0 amide bonds. The molecule has 0 aromatic heterocycles. The maximum Gasteiger partial charge on any atom is 0.183 e. The molecule has 0 unspecified atom stereocenters. The molecule has 111 valence electrons. The molecular formula is C15H17IN3O2. The molecule has 21 heavy (non-hydrogen) atoms. The molecule has 0 saturated carbocycles. The van der Waals surface area contributed by atoms with Crippen LogP contribution in [0.2, 0.25) is 0 Å². The summed E-state index contributed by atoms with van der Waals surface area (Å²) in [6.45, 7) is 7.33. The number of hydroxylamine groups is 4. The normalized spacial score (nSPS) is 25.7. The summed E-state index contributed by atoms with van der Waals surface area (Å²) < 4.78 is 1.08. The minimum atomic E-state index is -0.753. The van der Waals surface area contributed by atoms with Crippen molar-refractivity contribution in [2.75, 3.05) is 0 Å². The smallest absolute Gasteiger partial charge is 0.183 e. The average molecular weight is 398 g/mol. The fourth-order valence-electron chi connectivity index (χ4n) is 2.50. The number of rotatable bonds is 0. The summed E-state index contributed by atoms with van der Waals surface area (Å²) in [5.41, 5.74) is -0.955. The summed E-state index contributed by atoms with van der Waals surface area (Å²) in [4.78, 5) is 4.50. The molecule has 0 aliphatic carbocycles. The molecule has 1 aromatic rings. The molecule has 2 aliphatic heterocycles. The lowest BCUT2D eigenvalue weighted by Crippen LogP contribution is -2.52. The fourth-order valence-corrected chi connectivity index (χ4v) is 2.97. The molecule has 0 bridgehead atoms. The largest absolute Gasteiger partial charge is 0.286 e. The number of fused-ring (bicyclic) bond motifs is 1. The van der Waals surface area contributed by atoms with Crippen LogP contribution in [0, 0.1) is 3.57 Å². The first-order valence-corrected chi connectivity index (χ1v) is 7.81. The monoisotopic (exact) mass is 398 g/mol. The topological polar surface area (TPSA) is 59.0 Å². The van der Waals surface area contributed by atoms with Gasteiger partial charge in [-0.25, -0.2) is 10.1 Å². The zero-order valence-corrected chi connectivity index (χ0v) is 14.5. The fraction of sp³-hybridized carbons (Fsp3) is 0.400. The number of hydrogen-bond donors (Lipinski definition) is 1. The van der Waals surface area contributed by atoms with Gasteiger partial charge in [0.05, 0.1) is 16.4 Å². The van der Waals surface area contributed by atoms with Gasteiger partial charge < -0.3 is 0 Å². The van der Waals surface area contributed by atoms with Gasteiger partial charge in [0, 0.05) is 8.79 Å². The van der Waals surface area contributed by atoms with Crippen LogP contribution in [-0.4, -0.2) is 26.4 Å². The molecule has 2 heterocycles. The zero-order chi connectivity index (χ0) is 15.6. The number of allylic oxidation sites excluding steroid dienone is 1. The van der Waals surface area contributed by atoms with E-state index in [1.54, 1.807) is 0 Å². The van der Waals surface area contributed by atoms with Crippen LogP contribution in [0.5, 0.6) is 0 Å². The first-order valence-electron chi connectivity index (χ1n) is 6.73. The molecular weight excluding hydrogens is 381 g/mol. The first-order chi connectivity index (χ1) is 9.66. The molecule has 1 saturated heterocycles. The minimum Gasteiger partial charge on any atom is -0.286 e. The standard InChI is InChI=1S/C15H17IN3O2/c1-14(2)15(3,4)19(21)13(18(14)20)12-7-9-5-6-10(16)8-11(9)17-12/h5-8,20H,1-4H3/b13-12+. The maximum absolute atomic E-state index is 12.6. The van der Waals surface area contributed by atoms with Crippen LogP contribution < -0.4 is 10.6 Å². The highest BCUT2D eigenvalue weighted by molar-refractivity contribution is 14.1. The number of hydrogen-bond acceptors (Lipinski definition) is 4. The lowest BCUT2D eigenvalue weighted by molar-refractivity contribution is -0.181. The Kier molecular flexibility index (Phi) is 3.13. The van der Waals surface area contributed by atoms with E-state index in [0.29, 0.717) is 5.70 Å². The van der Waals surface area contributed by atoms with Crippen molar-refractivity contribution in [3.05, 3.63) is 43.9 Å². The molecule has 1 radical (unpaired) electrons. The van der Waals surface area contributed by atoms with Crippen LogP contribution in [0.1, 0.15) is 27.7 Å². The molecule has 1 N–H and O–H groups in total. The number of benzene rings is 1. The molecule has 6 heteroatoms. The van der Waals surface area contributed by atoms with E-state index in [1.165, 1.54) is 0 Å². The number of nitrogens with zero attached hydrogens (tertiary/aromatic N) is 3. The van der Waals surface area contributed by atoms with Gasteiger partial charge in [-0.15, -0.1) is 0 Å². The lowest BCUT2D eigenvalue weighted by atomic mass is 9.84. The predicted molar refractivity (Wildman–Crippen MR) is 85.7 cm³/mol. The molecule has 1 fully saturated rings. The van der Waals surface area contributed by atoms with Gasteiger partial charge in [0.15, 0.2) is 5.82 Å². The molecule has 1 aromatic carbocycles. The Balaban J connectivity index is 2.22. The van der Waals surface area contributed by atoms with E-state index in [0.717, 1.165) is 24.3 Å². The Morgan fingerprint density at radius 2 is 1.86 bits per heavy atom. The van der Waals surface area contributed by atoms with Gasteiger partial charge in [0.25, 0.3) is 0 Å². The third-order valence-corrected chi connectivity index (χ3v) is 5.35. The second-order valence-electron chi connectivity index (χ2n) is 6.39. The SMILES string of the molecule is CC1(C)N([O])/C(=C2\C=c3ccc(I)cc3=N2)N(O)C1(C)C. The van der Waals surface area contributed by atoms with Crippen molar-refractivity contribution in [3.63, 3.8) is 0 Å². The van der Waals surface area contributed by atoms with Crippen molar-refractivity contribution < 1.29 is 10.4 Å². The van der Waals surface area contributed by atoms with Gasteiger partial charge in [-0.2, -0.15) is 5.06 Å². The van der Waals surface area contributed by atoms with Gasteiger partial charge in [-0.05, 0) is 68.5 Å². The Morgan fingerprint density at radius 1 is 1.19 bits per heavy atom. The summed E-state index contributed by atoms with van der Waals surface area (Å²) in [5, 5.41) is 26.8. The van der Waals surface area contributed by atoms with E-state index in [-0.39, 0.29) is 5.82 Å². The maximum atomic E-state index is 12.6. The second kappa shape index (κ2) is 4.44. The summed E-state index contributed by atoms with van der Waals surface area (Å²) >= 11 is 2.23. The predicted octanol–water partition coefficient (Wildman–Crippen LogP) is 1.78. The molecule has 3 rings (SSSR count). The van der Waals surface area contributed by atoms with Crippen LogP contribution in [0.4, 0.5) is 0 Å². The van der Waals surface area contributed by atoms with Gasteiger partial charge in [-0.3, -0.25) is 5.21 Å². The summed E-state index contributed by atoms with van der Waals surface area (Å²) in [7, 11) is 0. The quantitative estimate of drug-likeness (QED) is 0.678. The third kappa shape index (κ3) is 1.92. The van der Waals surface area contributed by atoms with E-state index >= 15 is 0 Å². The van der Waals surface area contributed by atoms with E-state index < -0.39 is 11.1 Å². The average Bonchev–Trinajstić information content (AvgIpc) is 2.84. The van der Waals surface area contributed by atoms with Crippen molar-refractivity contribution in [2.45, 2.75) is 38.8 Å². The van der Waals surface area contributed by atoms with Gasteiger partial charge in [-0.1, -0.05) is 11.3 Å². The van der Waals surface area contributed by atoms with Crippen LogP contribution in [-0.2, 0) is 5.21 Å². The van der Waals surface area contributed by atoms with E-state index in [4.69, 9.17) is 0 Å². The van der Waals surface area contributed by atoms with Crippen molar-refractivity contribution >= 4 is 28.7 Å². The van der Waals surface area contributed by atoms with Crippen molar-refractivity contribution in [1.82, 2.24) is 10.1 Å². The first kappa shape index (κ1) is 14.8. The molecule has 2 aliphatic rings. The van der Waals surface area contributed by atoms with E-state index in [2.05, 4.69) is 27.6 Å². The van der Waals surface area contributed by atoms with E-state index in [1.807, 2.05) is 52.0 Å². The van der Waals surface area contributed by atoms with Crippen LogP contribution in [0.3, 0.4) is 0 Å². The third-order valence-electron chi connectivity index (χ3n) is 4.68. The summed E-state index contributed by atoms with van der Waals surface area (Å²) in [6.07, 6.45) is 1.84. The highest BCUT2D eigenvalue weighted by atomic mass is 127. The summed E-state index contributed by atoms with van der Waals surface area (Å²) in [5.74, 6) is 0.205. The Morgan fingerprint density at radius 3 is 2.43 bits per heavy atom. The van der Waals surface area contributed by atoms with Gasteiger partial charge in [0.1, 0.15) is 5.70 Å². The second-order valence-corrected chi connectivity index (χ2v) is 7.64. The van der Waals surface area contributed by atoms with Crippen molar-refractivity contribution in [2.24, 2.45) is 4.99 Å². The lowest BCUT2D eigenvalue weighted by Gasteiger charge is -2.36. The molecule has 5 nitrogen and oxygen atoms in total. The van der Waals surface area contributed by atoms with Crippen LogP contribution >= 0.6 is 22.6 Å².